The standard InChI is InChI=1S/C4H12O7P2.2C3H8N2S/c1-3-9-12(5,6)11-13(7,8)10-4-2;2*1-2-6-3(4)5/h3-4H2,1-2H3,(H,5,6)(H,7,8);2*2H2,1H3,(H3,4,5). The van der Waals surface area contributed by atoms with Crippen LogP contribution in [0.15, 0.2) is 0 Å². The molecular weight excluding hydrogens is 414 g/mol. The number of phosphoric ester groups is 2. The predicted octanol–water partition coefficient (Wildman–Crippen LogP) is -2.36. The summed E-state index contributed by atoms with van der Waals surface area (Å²) in [4.78, 5) is 21.3. The molecule has 0 aromatic heterocycles. The van der Waals surface area contributed by atoms with Crippen LogP contribution in [0.3, 0.4) is 0 Å². The highest BCUT2D eigenvalue weighted by Gasteiger charge is 2.18. The number of phosphoric acid groups is 2. The lowest BCUT2D eigenvalue weighted by Crippen LogP contribution is -2.43. The average molecular weight is 442 g/mol. The fourth-order valence-corrected chi connectivity index (χ4v) is 3.48. The van der Waals surface area contributed by atoms with Gasteiger partial charge in [-0.1, -0.05) is 13.8 Å². The van der Waals surface area contributed by atoms with Crippen LogP contribution in [0.2, 0.25) is 0 Å². The van der Waals surface area contributed by atoms with Crippen LogP contribution >= 0.6 is 39.2 Å². The summed E-state index contributed by atoms with van der Waals surface area (Å²) in [5.74, 6) is 1.92. The third-order valence-corrected chi connectivity index (χ3v) is 5.39. The zero-order chi connectivity index (χ0) is 20.5. The van der Waals surface area contributed by atoms with Gasteiger partial charge in [-0.15, -0.1) is 0 Å². The van der Waals surface area contributed by atoms with Gasteiger partial charge in [0.1, 0.15) is 0 Å². The summed E-state index contributed by atoms with van der Waals surface area (Å²) in [7, 11) is -9.59. The molecule has 2 atom stereocenters. The second-order valence-electron chi connectivity index (χ2n) is 3.48. The van der Waals surface area contributed by atoms with Gasteiger partial charge in [-0.2, -0.15) is 0 Å². The first-order chi connectivity index (χ1) is 11.4. The smallest absolute Gasteiger partial charge is 0.299 e. The van der Waals surface area contributed by atoms with Gasteiger partial charge < -0.3 is 18.8 Å². The molecule has 0 amide bonds. The average Bonchev–Trinajstić information content (AvgIpc) is 2.37. The summed E-state index contributed by atoms with van der Waals surface area (Å²) in [6, 6.07) is 0. The van der Waals surface area contributed by atoms with E-state index in [0.29, 0.717) is 10.3 Å². The lowest BCUT2D eigenvalue weighted by molar-refractivity contribution is -0.243. The highest BCUT2D eigenvalue weighted by molar-refractivity contribution is 8.13. The molecule has 25 heavy (non-hydrogen) atoms. The van der Waals surface area contributed by atoms with Crippen molar-refractivity contribution in [1.82, 2.24) is 0 Å². The van der Waals surface area contributed by atoms with Gasteiger partial charge >= 0.3 is 0 Å². The van der Waals surface area contributed by atoms with Gasteiger partial charge in [-0.25, -0.2) is 4.31 Å². The minimum atomic E-state index is -4.79. The zero-order valence-corrected chi connectivity index (χ0v) is 18.1. The fourth-order valence-electron chi connectivity index (χ4n) is 0.819. The first kappa shape index (κ1) is 29.7. The van der Waals surface area contributed by atoms with Crippen LogP contribution in [0, 0.1) is 0 Å². The number of rotatable bonds is 8. The highest BCUT2D eigenvalue weighted by atomic mass is 32.2. The van der Waals surface area contributed by atoms with Crippen molar-refractivity contribution in [2.75, 3.05) is 24.7 Å². The van der Waals surface area contributed by atoms with Crippen LogP contribution in [0.25, 0.3) is 0 Å². The van der Waals surface area contributed by atoms with Crippen LogP contribution in [0.4, 0.5) is 0 Å². The SMILES string of the molecule is CCOP(=O)([O-])OP(=O)([O-])OCC.CCSC(N)=[NH2+].CCSC(N)=[NH2+]. The van der Waals surface area contributed by atoms with Gasteiger partial charge in [0.15, 0.2) is 0 Å². The Morgan fingerprint density at radius 1 is 0.880 bits per heavy atom. The molecule has 0 rings (SSSR count). The highest BCUT2D eigenvalue weighted by Crippen LogP contribution is 2.55. The summed E-state index contributed by atoms with van der Waals surface area (Å²) < 4.78 is 33.0. The number of hydrogen-bond acceptors (Lipinski definition) is 9. The Kier molecular flexibility index (Phi) is 20.5. The van der Waals surface area contributed by atoms with E-state index in [-0.39, 0.29) is 13.2 Å². The molecule has 0 aliphatic heterocycles. The van der Waals surface area contributed by atoms with Crippen LogP contribution < -0.4 is 32.1 Å². The van der Waals surface area contributed by atoms with Gasteiger partial charge in [0.2, 0.25) is 0 Å². The zero-order valence-electron chi connectivity index (χ0n) is 14.7. The van der Waals surface area contributed by atoms with Crippen LogP contribution in [-0.4, -0.2) is 35.1 Å². The molecule has 0 radical (unpaired) electrons. The largest absolute Gasteiger partial charge is 0.756 e. The van der Waals surface area contributed by atoms with Crippen molar-refractivity contribution < 1.29 is 43.1 Å². The van der Waals surface area contributed by atoms with E-state index in [1.165, 1.54) is 37.4 Å². The van der Waals surface area contributed by atoms with Crippen molar-refractivity contribution in [2.45, 2.75) is 27.7 Å². The van der Waals surface area contributed by atoms with E-state index in [1.54, 1.807) is 0 Å². The Morgan fingerprint density at radius 3 is 1.28 bits per heavy atom. The minimum absolute atomic E-state index is 0.201. The molecular formula is C10H28N4O7P2S2. The monoisotopic (exact) mass is 442 g/mol. The molecule has 15 heteroatoms. The third-order valence-electron chi connectivity index (χ3n) is 1.40. The van der Waals surface area contributed by atoms with E-state index in [2.05, 4.69) is 13.4 Å². The molecule has 0 saturated heterocycles. The summed E-state index contributed by atoms with van der Waals surface area (Å²) in [6.07, 6.45) is 0. The van der Waals surface area contributed by atoms with E-state index in [4.69, 9.17) is 22.3 Å². The minimum Gasteiger partial charge on any atom is -0.756 e. The third kappa shape index (κ3) is 28.9. The fraction of sp³-hybridized carbons (Fsp3) is 0.800. The van der Waals surface area contributed by atoms with Crippen LogP contribution in [0.1, 0.15) is 27.7 Å². The van der Waals surface area contributed by atoms with E-state index in [0.717, 1.165) is 11.5 Å². The summed E-state index contributed by atoms with van der Waals surface area (Å²) in [6.45, 7) is 6.36. The van der Waals surface area contributed by atoms with Gasteiger partial charge in [0.05, 0.1) is 13.2 Å². The number of nitrogens with two attached hydrogens (primary N) is 4. The lowest BCUT2D eigenvalue weighted by Gasteiger charge is -2.29. The van der Waals surface area contributed by atoms with Gasteiger partial charge in [-0.05, 0) is 37.4 Å². The van der Waals surface area contributed by atoms with Gasteiger partial charge in [0, 0.05) is 11.5 Å². The molecule has 0 aliphatic carbocycles. The van der Waals surface area contributed by atoms with E-state index in [1.807, 2.05) is 13.8 Å². The second kappa shape index (κ2) is 17.3. The number of thioether (sulfide) groups is 2. The van der Waals surface area contributed by atoms with Gasteiger partial charge in [-0.3, -0.25) is 31.4 Å². The molecule has 0 bridgehead atoms. The first-order valence-electron chi connectivity index (χ1n) is 7.01. The predicted molar refractivity (Wildman–Crippen MR) is 98.1 cm³/mol. The maximum atomic E-state index is 10.7. The van der Waals surface area contributed by atoms with Crippen molar-refractivity contribution in [2.24, 2.45) is 11.5 Å². The van der Waals surface area contributed by atoms with Crippen molar-refractivity contribution in [3.8, 4) is 0 Å². The van der Waals surface area contributed by atoms with Gasteiger partial charge in [0.25, 0.3) is 26.0 Å². The van der Waals surface area contributed by atoms with E-state index < -0.39 is 15.6 Å². The topological polar surface area (TPSA) is 211 Å². The van der Waals surface area contributed by atoms with Crippen LogP contribution in [-0.2, 0) is 22.5 Å². The Balaban J connectivity index is -0.000000336. The quantitative estimate of drug-likeness (QED) is 0.177. The molecule has 0 heterocycles. The first-order valence-corrected chi connectivity index (χ1v) is 11.9. The molecule has 152 valence electrons. The molecule has 0 saturated carbocycles. The second-order valence-corrected chi connectivity index (χ2v) is 9.12. The maximum Gasteiger partial charge on any atom is 0.299 e. The van der Waals surface area contributed by atoms with E-state index in [9.17, 15) is 18.9 Å². The molecule has 0 fully saturated rings. The number of hydrogen-bond donors (Lipinski definition) is 4. The molecule has 11 nitrogen and oxygen atoms in total. The van der Waals surface area contributed by atoms with Crippen molar-refractivity contribution >= 4 is 49.5 Å². The van der Waals surface area contributed by atoms with Crippen molar-refractivity contribution in [3.63, 3.8) is 0 Å². The van der Waals surface area contributed by atoms with E-state index >= 15 is 0 Å². The molecule has 2 unspecified atom stereocenters. The van der Waals surface area contributed by atoms with Crippen molar-refractivity contribution in [3.05, 3.63) is 0 Å². The summed E-state index contributed by atoms with van der Waals surface area (Å²) >= 11 is 2.92. The lowest BCUT2D eigenvalue weighted by atomic mass is 10.9. The Morgan fingerprint density at radius 2 is 1.16 bits per heavy atom. The Hall–Kier alpha value is -0.100. The molecule has 0 aliphatic rings. The Labute approximate surface area is 156 Å². The Bertz CT molecular complexity index is 431. The number of amidine groups is 2. The maximum absolute atomic E-state index is 10.7. The summed E-state index contributed by atoms with van der Waals surface area (Å²) in [5, 5.41) is 11.0. The molecule has 0 aromatic rings. The van der Waals surface area contributed by atoms with Crippen LogP contribution in [0.5, 0.6) is 0 Å². The summed E-state index contributed by atoms with van der Waals surface area (Å²) in [5.41, 5.74) is 10.1. The van der Waals surface area contributed by atoms with Crippen molar-refractivity contribution in [1.29, 1.82) is 0 Å². The molecule has 0 spiro atoms. The molecule has 0 aromatic carbocycles. The molecule has 8 N–H and O–H groups in total. The normalized spacial score (nSPS) is 14.6.